The number of hydrogen-bond donors (Lipinski definition) is 3. The van der Waals surface area contributed by atoms with Crippen LogP contribution in [0.1, 0.15) is 73.7 Å². The Labute approximate surface area is 250 Å². The van der Waals surface area contributed by atoms with E-state index in [0.29, 0.717) is 68.8 Å². The van der Waals surface area contributed by atoms with Gasteiger partial charge in [-0.25, -0.2) is 4.68 Å². The molecular weight excluding hydrogens is 552 g/mol. The lowest BCUT2D eigenvalue weighted by molar-refractivity contribution is -0.156. The number of nitrogen functional groups attached to an aromatic ring is 1. The Balaban J connectivity index is 1.30. The molecule has 1 aromatic heterocycles. The van der Waals surface area contributed by atoms with Gasteiger partial charge in [-0.05, 0) is 57.4 Å². The highest BCUT2D eigenvalue weighted by molar-refractivity contribution is 5.96. The number of nitrogens with zero attached hydrogens (tertiary/aromatic N) is 3. The number of amidine groups is 1. The van der Waals surface area contributed by atoms with Crippen LogP contribution in [-0.4, -0.2) is 76.7 Å². The number of morpholine rings is 1. The van der Waals surface area contributed by atoms with Crippen LogP contribution in [-0.2, 0) is 25.6 Å². The quantitative estimate of drug-likeness (QED) is 0.238. The molecule has 1 aromatic carbocycles. The van der Waals surface area contributed by atoms with Crippen LogP contribution < -0.4 is 16.6 Å². The molecule has 3 aliphatic rings. The van der Waals surface area contributed by atoms with Crippen LogP contribution >= 0.6 is 0 Å². The molecule has 2 aliphatic carbocycles. The van der Waals surface area contributed by atoms with Gasteiger partial charge in [-0.1, -0.05) is 30.7 Å². The highest BCUT2D eigenvalue weighted by atomic mass is 16.5. The maximum Gasteiger partial charge on any atom is 0.309 e. The lowest BCUT2D eigenvalue weighted by Crippen LogP contribution is -2.45. The Kier molecular flexibility index (Phi) is 9.86. The van der Waals surface area contributed by atoms with E-state index in [0.717, 1.165) is 30.4 Å². The van der Waals surface area contributed by atoms with Crippen LogP contribution in [0.4, 0.5) is 0 Å². The molecule has 43 heavy (non-hydrogen) atoms. The molecule has 5 rings (SSSR count). The number of carbonyl (C=O) groups excluding carboxylic acids is 3. The van der Waals surface area contributed by atoms with Gasteiger partial charge in [-0.15, -0.1) is 0 Å². The normalized spacial score (nSPS) is 21.2. The summed E-state index contributed by atoms with van der Waals surface area (Å²) in [6, 6.07) is 7.96. The van der Waals surface area contributed by atoms with E-state index in [1.807, 2.05) is 0 Å². The first-order valence-electron chi connectivity index (χ1n) is 15.2. The van der Waals surface area contributed by atoms with Crippen LogP contribution in [0.5, 0.6) is 0 Å². The number of rotatable bonds is 8. The topological polar surface area (TPSA) is 170 Å². The van der Waals surface area contributed by atoms with Crippen molar-refractivity contribution >= 4 is 23.6 Å². The first-order valence-corrected chi connectivity index (χ1v) is 15.2. The zero-order valence-electron chi connectivity index (χ0n) is 24.4. The number of benzene rings is 1. The van der Waals surface area contributed by atoms with Crippen molar-refractivity contribution in [3.05, 3.63) is 51.8 Å². The van der Waals surface area contributed by atoms with Crippen molar-refractivity contribution in [2.45, 2.75) is 76.5 Å². The zero-order chi connectivity index (χ0) is 30.3. The molecule has 0 bridgehead atoms. The van der Waals surface area contributed by atoms with E-state index < -0.39 is 11.5 Å². The van der Waals surface area contributed by atoms with Gasteiger partial charge in [0.25, 0.3) is 11.5 Å². The van der Waals surface area contributed by atoms with Crippen molar-refractivity contribution < 1.29 is 23.9 Å². The summed E-state index contributed by atoms with van der Waals surface area (Å²) in [4.78, 5) is 54.3. The minimum Gasteiger partial charge on any atom is -0.462 e. The molecule has 0 atom stereocenters. The maximum absolute atomic E-state index is 13.5. The molecule has 1 saturated heterocycles. The molecule has 2 aromatic rings. The summed E-state index contributed by atoms with van der Waals surface area (Å²) in [6.45, 7) is 1.37. The molecule has 2 heterocycles. The van der Waals surface area contributed by atoms with Gasteiger partial charge in [0.2, 0.25) is 5.91 Å². The third-order valence-corrected chi connectivity index (χ3v) is 8.59. The van der Waals surface area contributed by atoms with Crippen molar-refractivity contribution in [2.75, 3.05) is 26.3 Å². The van der Waals surface area contributed by atoms with Crippen LogP contribution in [0.3, 0.4) is 0 Å². The summed E-state index contributed by atoms with van der Waals surface area (Å²) in [6.07, 6.45) is 7.70. The molecule has 2 amide bonds. The second-order valence-corrected chi connectivity index (χ2v) is 11.6. The number of nitrogens with two attached hydrogens (primary N) is 1. The number of nitrogens with one attached hydrogen (secondary N) is 2. The number of amides is 2. The van der Waals surface area contributed by atoms with E-state index in [1.54, 1.807) is 29.2 Å². The van der Waals surface area contributed by atoms with Gasteiger partial charge >= 0.3 is 5.97 Å². The molecule has 3 fully saturated rings. The van der Waals surface area contributed by atoms with Gasteiger partial charge in [0, 0.05) is 30.3 Å². The van der Waals surface area contributed by atoms with Gasteiger partial charge in [0.1, 0.15) is 24.0 Å². The molecule has 0 unspecified atom stereocenters. The van der Waals surface area contributed by atoms with Crippen molar-refractivity contribution in [1.29, 1.82) is 5.41 Å². The largest absolute Gasteiger partial charge is 0.462 e. The molecule has 4 N–H and O–H groups in total. The smallest absolute Gasteiger partial charge is 0.309 e. The summed E-state index contributed by atoms with van der Waals surface area (Å²) in [7, 11) is 0. The molecule has 230 valence electrons. The minimum atomic E-state index is -0.659. The maximum atomic E-state index is 13.5. The van der Waals surface area contributed by atoms with E-state index in [4.69, 9.17) is 20.6 Å². The predicted molar refractivity (Wildman–Crippen MR) is 159 cm³/mol. The second kappa shape index (κ2) is 13.9. The lowest BCUT2D eigenvalue weighted by atomic mass is 9.86. The Morgan fingerprint density at radius 1 is 1.00 bits per heavy atom. The second-order valence-electron chi connectivity index (χ2n) is 11.6. The fourth-order valence-electron chi connectivity index (χ4n) is 5.99. The fourth-order valence-corrected chi connectivity index (χ4v) is 5.99. The van der Waals surface area contributed by atoms with Crippen molar-refractivity contribution in [3.63, 3.8) is 0 Å². The summed E-state index contributed by atoms with van der Waals surface area (Å²) >= 11 is 0. The Morgan fingerprint density at radius 2 is 1.67 bits per heavy atom. The predicted octanol–water partition coefficient (Wildman–Crippen LogP) is 2.22. The van der Waals surface area contributed by atoms with E-state index in [9.17, 15) is 19.2 Å². The average Bonchev–Trinajstić information content (AvgIpc) is 3.03. The Morgan fingerprint density at radius 3 is 2.33 bits per heavy atom. The summed E-state index contributed by atoms with van der Waals surface area (Å²) in [5, 5.41) is 15.0. The Hall–Kier alpha value is -4.06. The summed E-state index contributed by atoms with van der Waals surface area (Å²) in [5.74, 6) is -1.23. The third kappa shape index (κ3) is 7.67. The SMILES string of the molecule is N=C(N)c1ccc(-c2cc(C(=O)NC3CCC(C(=O)OC4CCCCC4)CC3)c(=O)n(CC(=O)N3CCOCC3)n2)cc1. The minimum absolute atomic E-state index is 0.0236. The van der Waals surface area contributed by atoms with Crippen LogP contribution in [0.2, 0.25) is 0 Å². The van der Waals surface area contributed by atoms with Crippen molar-refractivity contribution in [2.24, 2.45) is 11.7 Å². The molecule has 12 nitrogen and oxygen atoms in total. The molecular formula is C31H40N6O6. The van der Waals surface area contributed by atoms with E-state index in [-0.39, 0.29) is 47.9 Å². The highest BCUT2D eigenvalue weighted by Crippen LogP contribution is 2.28. The van der Waals surface area contributed by atoms with E-state index in [2.05, 4.69) is 10.4 Å². The average molecular weight is 593 g/mol. The van der Waals surface area contributed by atoms with E-state index >= 15 is 0 Å². The first-order chi connectivity index (χ1) is 20.8. The molecule has 1 aliphatic heterocycles. The summed E-state index contributed by atoms with van der Waals surface area (Å²) in [5.41, 5.74) is 6.27. The van der Waals surface area contributed by atoms with Crippen molar-refractivity contribution in [3.8, 4) is 11.3 Å². The van der Waals surface area contributed by atoms with Crippen molar-refractivity contribution in [1.82, 2.24) is 20.0 Å². The van der Waals surface area contributed by atoms with Gasteiger partial charge in [0.15, 0.2) is 0 Å². The Bertz CT molecular complexity index is 1390. The molecule has 12 heteroatoms. The fraction of sp³-hybridized carbons (Fsp3) is 0.548. The molecule has 0 spiro atoms. The number of hydrogen-bond acceptors (Lipinski definition) is 8. The van der Waals surface area contributed by atoms with Crippen LogP contribution in [0.15, 0.2) is 35.1 Å². The highest BCUT2D eigenvalue weighted by Gasteiger charge is 2.31. The number of carbonyl (C=O) groups is 3. The number of esters is 1. The third-order valence-electron chi connectivity index (χ3n) is 8.59. The molecule has 2 saturated carbocycles. The number of aromatic nitrogens is 2. The summed E-state index contributed by atoms with van der Waals surface area (Å²) < 4.78 is 12.1. The zero-order valence-corrected chi connectivity index (χ0v) is 24.4. The van der Waals surface area contributed by atoms with Gasteiger partial charge in [-0.3, -0.25) is 24.6 Å². The lowest BCUT2D eigenvalue weighted by Gasteiger charge is -2.30. The molecule has 0 radical (unpaired) electrons. The van der Waals surface area contributed by atoms with Gasteiger partial charge in [-0.2, -0.15) is 5.10 Å². The van der Waals surface area contributed by atoms with Crippen LogP contribution in [0, 0.1) is 11.3 Å². The number of ether oxygens (including phenoxy) is 2. The van der Waals surface area contributed by atoms with Crippen LogP contribution in [0.25, 0.3) is 11.3 Å². The first kappa shape index (κ1) is 30.4. The standard InChI is InChI=1S/C31H40N6O6/c32-28(33)21-8-6-20(7-9-21)26-18-25(30(40)37(35-26)19-27(38)36-14-16-42-17-15-36)29(39)34-23-12-10-22(11-13-23)31(41)43-24-4-2-1-3-5-24/h6-9,18,22-24H,1-5,10-17,19H2,(H3,32,33)(H,34,39). The van der Waals surface area contributed by atoms with Gasteiger partial charge in [0.05, 0.1) is 24.8 Å². The van der Waals surface area contributed by atoms with Gasteiger partial charge < -0.3 is 25.4 Å². The van der Waals surface area contributed by atoms with E-state index in [1.165, 1.54) is 12.5 Å². The monoisotopic (exact) mass is 592 g/mol.